The first-order valence-corrected chi connectivity index (χ1v) is 10.2. The van der Waals surface area contributed by atoms with Gasteiger partial charge in [0.2, 0.25) is 0 Å². The number of nitrogens with zero attached hydrogens (tertiary/aromatic N) is 3. The Labute approximate surface area is 188 Å². The highest BCUT2D eigenvalue weighted by Crippen LogP contribution is 2.31. The molecule has 0 N–H and O–H groups in total. The van der Waals surface area contributed by atoms with E-state index in [1.54, 1.807) is 0 Å². The third-order valence-corrected chi connectivity index (χ3v) is 5.59. The minimum atomic E-state index is -4.95. The molecule has 170 valence electrons. The van der Waals surface area contributed by atoms with Crippen molar-refractivity contribution in [3.05, 3.63) is 71.1 Å². The van der Waals surface area contributed by atoms with Crippen molar-refractivity contribution >= 4 is 33.2 Å². The van der Waals surface area contributed by atoms with E-state index in [-0.39, 0.29) is 37.7 Å². The lowest BCUT2D eigenvalue weighted by Crippen LogP contribution is -2.41. The fourth-order valence-corrected chi connectivity index (χ4v) is 3.74. The van der Waals surface area contributed by atoms with Gasteiger partial charge in [0, 0.05) is 24.6 Å². The fraction of sp³-hybridized carbons (Fsp3) is 0.222. The monoisotopic (exact) mass is 537 g/mol. The number of carbonyl (C=O) groups excluding carboxylic acids is 1. The van der Waals surface area contributed by atoms with Crippen LogP contribution in [0, 0.1) is 5.82 Å². The first kappa shape index (κ1) is 23.7. The number of hydrogen-bond donors (Lipinski definition) is 0. The van der Waals surface area contributed by atoms with Crippen LogP contribution in [-0.4, -0.2) is 27.2 Å². The van der Waals surface area contributed by atoms with Crippen LogP contribution in [0.3, 0.4) is 0 Å². The molecule has 0 atom stereocenters. The van der Waals surface area contributed by atoms with E-state index >= 15 is 0 Å². The fourth-order valence-electron chi connectivity index (χ4n) is 2.63. The quantitative estimate of drug-likeness (QED) is 0.366. The van der Waals surface area contributed by atoms with E-state index in [4.69, 9.17) is 4.74 Å². The van der Waals surface area contributed by atoms with E-state index in [2.05, 4.69) is 25.7 Å². The number of thiazole rings is 1. The largest absolute Gasteiger partial charge is 0.485 e. The molecule has 0 amide bonds. The molecule has 8 nitrogen and oxygen atoms in total. The minimum Gasteiger partial charge on any atom is -0.485 e. The smallest absolute Gasteiger partial charge is 0.431 e. The summed E-state index contributed by atoms with van der Waals surface area (Å²) in [4.78, 5) is 40.2. The van der Waals surface area contributed by atoms with Crippen LogP contribution in [0.15, 0.2) is 37.6 Å². The van der Waals surface area contributed by atoms with Crippen LogP contribution in [0.4, 0.5) is 17.6 Å². The highest BCUT2D eigenvalue weighted by Gasteiger charge is 2.35. The van der Waals surface area contributed by atoms with Gasteiger partial charge in [0.05, 0.1) is 17.3 Å². The molecule has 14 heteroatoms. The minimum absolute atomic E-state index is 0.0231. The topological polar surface area (TPSA) is 92.4 Å². The van der Waals surface area contributed by atoms with Crippen LogP contribution >= 0.6 is 27.3 Å². The van der Waals surface area contributed by atoms with Crippen LogP contribution in [-0.2, 0) is 24.6 Å². The van der Waals surface area contributed by atoms with Gasteiger partial charge in [-0.15, -0.1) is 11.3 Å². The number of hydrogen-bond acceptors (Lipinski definition) is 7. The van der Waals surface area contributed by atoms with Crippen molar-refractivity contribution in [3.8, 4) is 11.4 Å². The zero-order valence-electron chi connectivity index (χ0n) is 16.2. The van der Waals surface area contributed by atoms with E-state index < -0.39 is 40.6 Å². The van der Waals surface area contributed by atoms with E-state index in [0.717, 1.165) is 30.5 Å². The Morgan fingerprint density at radius 1 is 1.25 bits per heavy atom. The van der Waals surface area contributed by atoms with Gasteiger partial charge in [0.25, 0.3) is 5.56 Å². The second kappa shape index (κ2) is 8.86. The molecule has 0 saturated carbocycles. The highest BCUT2D eigenvalue weighted by atomic mass is 79.9. The number of ether oxygens (including phenoxy) is 2. The molecule has 0 aliphatic heterocycles. The van der Waals surface area contributed by atoms with Crippen molar-refractivity contribution in [2.75, 3.05) is 7.11 Å². The average molecular weight is 538 g/mol. The molecule has 0 aliphatic carbocycles. The summed E-state index contributed by atoms with van der Waals surface area (Å²) in [6, 6.07) is 2.09. The van der Waals surface area contributed by atoms with Crippen molar-refractivity contribution in [2.24, 2.45) is 7.05 Å². The zero-order chi connectivity index (χ0) is 23.8. The Balaban J connectivity index is 2.00. The summed E-state index contributed by atoms with van der Waals surface area (Å²) in [6.45, 7) is -0.161. The third-order valence-electron chi connectivity index (χ3n) is 4.15. The number of methoxy groups -OCH3 is 1. The van der Waals surface area contributed by atoms with Gasteiger partial charge in [-0.1, -0.05) is 0 Å². The van der Waals surface area contributed by atoms with E-state index in [9.17, 15) is 31.9 Å². The molecular formula is C18H12BrF4N3O5S. The number of carbonyl (C=O) groups is 1. The molecule has 0 fully saturated rings. The maximum atomic E-state index is 14.6. The number of halogens is 5. The average Bonchev–Trinajstić information content (AvgIpc) is 3.19. The van der Waals surface area contributed by atoms with Crippen LogP contribution in [0.1, 0.15) is 21.2 Å². The SMILES string of the molecule is COC(=O)c1csc(COc2cc(-n3c(=O)cc(C(F)(F)F)n(C)c3=O)c(F)cc2Br)n1. The van der Waals surface area contributed by atoms with Crippen molar-refractivity contribution in [1.82, 2.24) is 14.1 Å². The zero-order valence-corrected chi connectivity index (χ0v) is 18.6. The summed E-state index contributed by atoms with van der Waals surface area (Å²) < 4.78 is 64.3. The molecule has 0 radical (unpaired) electrons. The van der Waals surface area contributed by atoms with Crippen molar-refractivity contribution < 1.29 is 31.8 Å². The molecule has 1 aromatic carbocycles. The van der Waals surface area contributed by atoms with Gasteiger partial charge in [-0.25, -0.2) is 23.5 Å². The first-order chi connectivity index (χ1) is 14.9. The standard InChI is InChI=1S/C18H12BrF4N3O5S/c1-25-13(18(21,22)23)5-15(27)26(17(25)29)11-4-12(8(19)3-9(11)20)31-6-14-24-10(7-32-14)16(28)30-2/h3-5,7H,6H2,1-2H3. The number of esters is 1. The predicted octanol–water partition coefficient (Wildman–Crippen LogP) is 3.28. The van der Waals surface area contributed by atoms with E-state index in [1.165, 1.54) is 12.5 Å². The molecule has 0 unspecified atom stereocenters. The summed E-state index contributed by atoms with van der Waals surface area (Å²) in [7, 11) is 2.01. The molecule has 0 bridgehead atoms. The molecule has 0 spiro atoms. The summed E-state index contributed by atoms with van der Waals surface area (Å²) in [5.41, 5.74) is -4.76. The summed E-state index contributed by atoms with van der Waals surface area (Å²) >= 11 is 4.17. The second-order valence-electron chi connectivity index (χ2n) is 6.18. The highest BCUT2D eigenvalue weighted by molar-refractivity contribution is 9.10. The van der Waals surface area contributed by atoms with Crippen molar-refractivity contribution in [3.63, 3.8) is 0 Å². The van der Waals surface area contributed by atoms with Crippen LogP contribution in [0.5, 0.6) is 5.75 Å². The molecule has 32 heavy (non-hydrogen) atoms. The van der Waals surface area contributed by atoms with Crippen molar-refractivity contribution in [1.29, 1.82) is 0 Å². The van der Waals surface area contributed by atoms with Gasteiger partial charge in [0.15, 0.2) is 5.69 Å². The predicted molar refractivity (Wildman–Crippen MR) is 108 cm³/mol. The maximum Gasteiger partial charge on any atom is 0.431 e. The van der Waals surface area contributed by atoms with E-state index in [0.29, 0.717) is 5.01 Å². The van der Waals surface area contributed by atoms with Crippen LogP contribution in [0.2, 0.25) is 0 Å². The molecule has 0 saturated heterocycles. The number of rotatable bonds is 5. The summed E-state index contributed by atoms with van der Waals surface area (Å²) in [5, 5.41) is 1.81. The molecular weight excluding hydrogens is 526 g/mol. The van der Waals surface area contributed by atoms with Gasteiger partial charge >= 0.3 is 17.8 Å². The molecule has 3 rings (SSSR count). The Morgan fingerprint density at radius 2 is 1.94 bits per heavy atom. The molecule has 0 aliphatic rings. The number of benzene rings is 1. The third kappa shape index (κ3) is 4.60. The van der Waals surface area contributed by atoms with Gasteiger partial charge < -0.3 is 9.47 Å². The molecule has 3 aromatic rings. The second-order valence-corrected chi connectivity index (χ2v) is 7.98. The van der Waals surface area contributed by atoms with E-state index in [1.807, 2.05) is 0 Å². The lowest BCUT2D eigenvalue weighted by molar-refractivity contribution is -0.144. The lowest BCUT2D eigenvalue weighted by atomic mass is 10.2. The summed E-state index contributed by atoms with van der Waals surface area (Å²) in [6.07, 6.45) is -4.95. The molecule has 2 aromatic heterocycles. The van der Waals surface area contributed by atoms with Gasteiger partial charge in [-0.3, -0.25) is 9.36 Å². The van der Waals surface area contributed by atoms with Gasteiger partial charge in [-0.2, -0.15) is 13.2 Å². The number of aromatic nitrogens is 3. The Bertz CT molecular complexity index is 1320. The Kier molecular flexibility index (Phi) is 6.55. The lowest BCUT2D eigenvalue weighted by Gasteiger charge is -2.15. The molecule has 2 heterocycles. The normalized spacial score (nSPS) is 11.5. The van der Waals surface area contributed by atoms with Gasteiger partial charge in [0.1, 0.15) is 28.9 Å². The number of alkyl halides is 3. The summed E-state index contributed by atoms with van der Waals surface area (Å²) in [5.74, 6) is -1.72. The Morgan fingerprint density at radius 3 is 2.56 bits per heavy atom. The van der Waals surface area contributed by atoms with Crippen LogP contribution < -0.4 is 16.0 Å². The van der Waals surface area contributed by atoms with Gasteiger partial charge in [-0.05, 0) is 22.0 Å². The Hall–Kier alpha value is -3.00. The first-order valence-electron chi connectivity index (χ1n) is 8.49. The van der Waals surface area contributed by atoms with Crippen molar-refractivity contribution in [2.45, 2.75) is 12.8 Å². The maximum absolute atomic E-state index is 14.6. The van der Waals surface area contributed by atoms with Crippen LogP contribution in [0.25, 0.3) is 5.69 Å².